The third-order valence-electron chi connectivity index (χ3n) is 2.57. The van der Waals surface area contributed by atoms with E-state index in [1.54, 1.807) is 11.5 Å². The summed E-state index contributed by atoms with van der Waals surface area (Å²) in [5.74, 6) is 0. The molecule has 1 aromatic carbocycles. The fraction of sp³-hybridized carbons (Fsp3) is 0.417. The average Bonchev–Trinajstić information content (AvgIpc) is 2.69. The highest BCUT2D eigenvalue weighted by Crippen LogP contribution is 2.30. The molecule has 0 saturated heterocycles. The highest BCUT2D eigenvalue weighted by molar-refractivity contribution is 9.09. The molecule has 1 heterocycles. The van der Waals surface area contributed by atoms with Crippen LogP contribution in [0.2, 0.25) is 0 Å². The first kappa shape index (κ1) is 11.9. The van der Waals surface area contributed by atoms with Crippen molar-refractivity contribution < 1.29 is 0 Å². The molecule has 1 atom stereocenters. The predicted octanol–water partition coefficient (Wildman–Crippen LogP) is 3.91. The number of hydrogen-bond donors (Lipinski definition) is 0. The van der Waals surface area contributed by atoms with Gasteiger partial charge in [0, 0.05) is 23.8 Å². The van der Waals surface area contributed by atoms with Crippen LogP contribution in [0, 0.1) is 0 Å². The molecule has 2 aromatic rings. The Hall–Kier alpha value is -0.610. The summed E-state index contributed by atoms with van der Waals surface area (Å²) < 4.78 is 4.46. The lowest BCUT2D eigenvalue weighted by molar-refractivity contribution is 0.793. The molecule has 0 radical (unpaired) electrons. The first-order valence-corrected chi connectivity index (χ1v) is 7.07. The maximum absolute atomic E-state index is 4.46. The number of aromatic nitrogens is 1. The Labute approximate surface area is 109 Å². The van der Waals surface area contributed by atoms with Gasteiger partial charge in [0.15, 0.2) is 0 Å². The zero-order valence-electron chi connectivity index (χ0n) is 9.48. The van der Waals surface area contributed by atoms with E-state index in [1.807, 2.05) is 6.07 Å². The molecule has 0 N–H and O–H groups in total. The Morgan fingerprint density at radius 1 is 1.44 bits per heavy atom. The van der Waals surface area contributed by atoms with Crippen LogP contribution < -0.4 is 4.90 Å². The summed E-state index contributed by atoms with van der Waals surface area (Å²) in [6.07, 6.45) is 1.14. The van der Waals surface area contributed by atoms with E-state index in [9.17, 15) is 0 Å². The van der Waals surface area contributed by atoms with Crippen molar-refractivity contribution in [1.29, 1.82) is 0 Å². The summed E-state index contributed by atoms with van der Waals surface area (Å²) in [6, 6.07) is 8.31. The molecule has 2 nitrogen and oxygen atoms in total. The second-order valence-corrected chi connectivity index (χ2v) is 6.31. The predicted molar refractivity (Wildman–Crippen MR) is 75.9 cm³/mol. The molecule has 0 aliphatic carbocycles. The van der Waals surface area contributed by atoms with Crippen molar-refractivity contribution in [1.82, 2.24) is 4.37 Å². The van der Waals surface area contributed by atoms with Crippen molar-refractivity contribution in [3.63, 3.8) is 0 Å². The fourth-order valence-corrected chi connectivity index (χ4v) is 2.67. The van der Waals surface area contributed by atoms with Gasteiger partial charge in [0.1, 0.15) is 5.00 Å². The summed E-state index contributed by atoms with van der Waals surface area (Å²) in [4.78, 5) is 2.85. The van der Waals surface area contributed by atoms with Crippen molar-refractivity contribution in [2.45, 2.75) is 18.2 Å². The van der Waals surface area contributed by atoms with Gasteiger partial charge in [-0.25, -0.2) is 0 Å². The molecule has 1 aromatic heterocycles. The first-order chi connectivity index (χ1) is 7.68. The van der Waals surface area contributed by atoms with Crippen molar-refractivity contribution in [2.75, 3.05) is 18.5 Å². The van der Waals surface area contributed by atoms with Gasteiger partial charge in [-0.3, -0.25) is 0 Å². The summed E-state index contributed by atoms with van der Waals surface area (Å²) >= 11 is 5.16. The lowest BCUT2D eigenvalue weighted by Crippen LogP contribution is -2.19. The minimum atomic E-state index is 0.564. The Kier molecular flexibility index (Phi) is 3.82. The molecule has 4 heteroatoms. The number of benzene rings is 1. The van der Waals surface area contributed by atoms with Gasteiger partial charge in [0.2, 0.25) is 0 Å². The summed E-state index contributed by atoms with van der Waals surface area (Å²) in [6.45, 7) is 3.23. The van der Waals surface area contributed by atoms with E-state index in [0.717, 1.165) is 18.5 Å². The average molecular weight is 299 g/mol. The van der Waals surface area contributed by atoms with Crippen LogP contribution >= 0.6 is 27.5 Å². The van der Waals surface area contributed by atoms with Gasteiger partial charge in [-0.2, -0.15) is 4.37 Å². The quantitative estimate of drug-likeness (QED) is 0.796. The first-order valence-electron chi connectivity index (χ1n) is 5.38. The van der Waals surface area contributed by atoms with Crippen LogP contribution in [0.15, 0.2) is 24.3 Å². The third-order valence-corrected chi connectivity index (χ3v) is 4.02. The molecule has 86 valence electrons. The topological polar surface area (TPSA) is 16.1 Å². The van der Waals surface area contributed by atoms with E-state index in [1.165, 1.54) is 10.4 Å². The van der Waals surface area contributed by atoms with E-state index in [0.29, 0.717) is 4.83 Å². The zero-order valence-corrected chi connectivity index (χ0v) is 11.9. The minimum absolute atomic E-state index is 0.564. The lowest BCUT2D eigenvalue weighted by atomic mass is 10.2. The van der Waals surface area contributed by atoms with Crippen LogP contribution in [-0.4, -0.2) is 22.8 Å². The van der Waals surface area contributed by atoms with Crippen molar-refractivity contribution in [3.8, 4) is 0 Å². The molecule has 16 heavy (non-hydrogen) atoms. The highest BCUT2D eigenvalue weighted by Gasteiger charge is 2.10. The van der Waals surface area contributed by atoms with Gasteiger partial charge in [-0.15, -0.1) is 0 Å². The molecule has 2 rings (SSSR count). The van der Waals surface area contributed by atoms with Crippen LogP contribution in [0.5, 0.6) is 0 Å². The van der Waals surface area contributed by atoms with Gasteiger partial charge in [0.05, 0.1) is 5.52 Å². The van der Waals surface area contributed by atoms with Gasteiger partial charge in [-0.1, -0.05) is 35.0 Å². The molecule has 0 bridgehead atoms. The molecular weight excluding hydrogens is 284 g/mol. The summed E-state index contributed by atoms with van der Waals surface area (Å²) in [7, 11) is 2.13. The maximum Gasteiger partial charge on any atom is 0.119 e. The molecule has 0 spiro atoms. The monoisotopic (exact) mass is 298 g/mol. The highest BCUT2D eigenvalue weighted by atomic mass is 79.9. The maximum atomic E-state index is 4.46. The molecular formula is C12H15BrN2S. The molecule has 0 amide bonds. The molecule has 0 saturated carbocycles. The SMILES string of the molecule is CC(Br)CCN(C)c1snc2ccccc12. The van der Waals surface area contributed by atoms with Crippen LogP contribution in [0.4, 0.5) is 5.00 Å². The minimum Gasteiger partial charge on any atom is -0.365 e. The van der Waals surface area contributed by atoms with Gasteiger partial charge in [0.25, 0.3) is 0 Å². The lowest BCUT2D eigenvalue weighted by Gasteiger charge is -2.17. The van der Waals surface area contributed by atoms with E-state index in [2.05, 4.69) is 57.4 Å². The Morgan fingerprint density at radius 3 is 2.94 bits per heavy atom. The Bertz CT molecular complexity index is 467. The van der Waals surface area contributed by atoms with Gasteiger partial charge in [-0.05, 0) is 30.1 Å². The number of hydrogen-bond acceptors (Lipinski definition) is 3. The van der Waals surface area contributed by atoms with E-state index >= 15 is 0 Å². The summed E-state index contributed by atoms with van der Waals surface area (Å²) in [5, 5.41) is 2.53. The van der Waals surface area contributed by atoms with Crippen LogP contribution in [0.1, 0.15) is 13.3 Å². The van der Waals surface area contributed by atoms with E-state index in [4.69, 9.17) is 0 Å². The third kappa shape index (κ3) is 2.55. The van der Waals surface area contributed by atoms with Gasteiger partial charge >= 0.3 is 0 Å². The van der Waals surface area contributed by atoms with Crippen LogP contribution in [0.25, 0.3) is 10.9 Å². The molecule has 1 unspecified atom stereocenters. The van der Waals surface area contributed by atoms with E-state index < -0.39 is 0 Å². The van der Waals surface area contributed by atoms with Crippen molar-refractivity contribution in [2.24, 2.45) is 0 Å². The zero-order chi connectivity index (χ0) is 11.5. The largest absolute Gasteiger partial charge is 0.365 e. The van der Waals surface area contributed by atoms with Crippen molar-refractivity contribution in [3.05, 3.63) is 24.3 Å². The van der Waals surface area contributed by atoms with Gasteiger partial charge < -0.3 is 4.90 Å². The number of anilines is 1. The Balaban J connectivity index is 2.19. The van der Waals surface area contributed by atoms with E-state index in [-0.39, 0.29) is 0 Å². The number of nitrogens with zero attached hydrogens (tertiary/aromatic N) is 2. The Morgan fingerprint density at radius 2 is 2.19 bits per heavy atom. The molecule has 0 fully saturated rings. The normalized spacial score (nSPS) is 12.9. The number of halogens is 1. The summed E-state index contributed by atoms with van der Waals surface area (Å²) in [5.41, 5.74) is 1.10. The smallest absolute Gasteiger partial charge is 0.119 e. The van der Waals surface area contributed by atoms with Crippen LogP contribution in [0.3, 0.4) is 0 Å². The molecule has 0 aliphatic rings. The second kappa shape index (κ2) is 5.15. The van der Waals surface area contributed by atoms with Crippen molar-refractivity contribution >= 4 is 43.4 Å². The number of fused-ring (bicyclic) bond motifs is 1. The fourth-order valence-electron chi connectivity index (χ4n) is 1.62. The number of rotatable bonds is 4. The van der Waals surface area contributed by atoms with Crippen LogP contribution in [-0.2, 0) is 0 Å². The standard InChI is InChI=1S/C12H15BrN2S/c1-9(13)7-8-15(2)12-10-5-3-4-6-11(10)14-16-12/h3-6,9H,7-8H2,1-2H3. The number of alkyl halides is 1. The molecule has 0 aliphatic heterocycles. The second-order valence-electron chi connectivity index (χ2n) is 4.00.